The van der Waals surface area contributed by atoms with Gasteiger partial charge in [-0.2, -0.15) is 0 Å². The van der Waals surface area contributed by atoms with Gasteiger partial charge in [0.2, 0.25) is 6.23 Å². The van der Waals surface area contributed by atoms with Crippen LogP contribution in [0.3, 0.4) is 0 Å². The van der Waals surface area contributed by atoms with E-state index in [0.717, 1.165) is 4.90 Å². The minimum absolute atomic E-state index is 0.360. The second kappa shape index (κ2) is 6.28. The van der Waals surface area contributed by atoms with Crippen LogP contribution in [0, 0.1) is 5.92 Å². The molecule has 2 amide bonds. The molecule has 0 aliphatic carbocycles. The van der Waals surface area contributed by atoms with Gasteiger partial charge in [0, 0.05) is 16.7 Å². The summed E-state index contributed by atoms with van der Waals surface area (Å²) in [5.41, 5.74) is 1.27. The van der Waals surface area contributed by atoms with Gasteiger partial charge in [0.25, 0.3) is 11.8 Å². The third-order valence-electron chi connectivity index (χ3n) is 3.85. The Labute approximate surface area is 139 Å². The summed E-state index contributed by atoms with van der Waals surface area (Å²) in [7, 11) is 0. The number of rotatable bonds is 3. The number of nitrogens with zero attached hydrogens (tertiary/aromatic N) is 1. The third kappa shape index (κ3) is 2.69. The van der Waals surface area contributed by atoms with Gasteiger partial charge in [-0.3, -0.25) is 14.4 Å². The Morgan fingerprint density at radius 1 is 1.00 bits per heavy atom. The monoisotopic (exact) mass is 323 g/mol. The zero-order chi connectivity index (χ0) is 17.3. The number of hydrogen-bond donors (Lipinski definition) is 0. The van der Waals surface area contributed by atoms with Crippen molar-refractivity contribution in [1.82, 2.24) is 4.90 Å². The van der Waals surface area contributed by atoms with Crippen LogP contribution >= 0.6 is 0 Å². The normalized spacial score (nSPS) is 16.2. The lowest BCUT2D eigenvalue weighted by atomic mass is 10.1. The summed E-state index contributed by atoms with van der Waals surface area (Å²) in [6.45, 7) is 3.41. The number of amides is 2. The lowest BCUT2D eigenvalue weighted by Gasteiger charge is -2.24. The Morgan fingerprint density at radius 2 is 1.62 bits per heavy atom. The van der Waals surface area contributed by atoms with Crippen LogP contribution in [-0.2, 0) is 9.53 Å². The Kier molecular flexibility index (Phi) is 4.16. The summed E-state index contributed by atoms with van der Waals surface area (Å²) in [5, 5.41) is 0. The summed E-state index contributed by atoms with van der Waals surface area (Å²) < 4.78 is 5.47. The van der Waals surface area contributed by atoms with Crippen molar-refractivity contribution in [2.24, 2.45) is 5.92 Å². The molecule has 1 aliphatic rings. The summed E-state index contributed by atoms with van der Waals surface area (Å²) >= 11 is 0. The fraction of sp³-hybridized carbons (Fsp3) is 0.211. The first-order valence-electron chi connectivity index (χ1n) is 7.73. The van der Waals surface area contributed by atoms with Gasteiger partial charge in [0.05, 0.1) is 5.92 Å². The maximum atomic E-state index is 12.8. The summed E-state index contributed by atoms with van der Waals surface area (Å²) in [6.07, 6.45) is -1.03. The van der Waals surface area contributed by atoms with Gasteiger partial charge in [0.15, 0.2) is 0 Å². The lowest BCUT2D eigenvalue weighted by molar-refractivity contribution is -0.158. The van der Waals surface area contributed by atoms with E-state index in [-0.39, 0.29) is 5.92 Å². The van der Waals surface area contributed by atoms with E-state index in [4.69, 9.17) is 4.74 Å². The number of fused-ring (bicyclic) bond motifs is 1. The predicted molar refractivity (Wildman–Crippen MR) is 87.1 cm³/mol. The predicted octanol–water partition coefficient (Wildman–Crippen LogP) is 3.18. The van der Waals surface area contributed by atoms with Gasteiger partial charge in [-0.25, -0.2) is 4.90 Å². The molecule has 0 saturated carbocycles. The van der Waals surface area contributed by atoms with Crippen molar-refractivity contribution in [3.8, 4) is 0 Å². The fourth-order valence-corrected chi connectivity index (χ4v) is 2.56. The zero-order valence-corrected chi connectivity index (χ0v) is 13.4. The number of hydrogen-bond acceptors (Lipinski definition) is 4. The number of ether oxygens (including phenoxy) is 1. The molecule has 0 spiro atoms. The van der Waals surface area contributed by atoms with E-state index in [1.165, 1.54) is 0 Å². The van der Waals surface area contributed by atoms with Crippen LogP contribution < -0.4 is 0 Å². The molecule has 2 aromatic carbocycles. The molecule has 122 valence electrons. The van der Waals surface area contributed by atoms with Gasteiger partial charge in [-0.15, -0.1) is 0 Å². The molecular weight excluding hydrogens is 306 g/mol. The highest BCUT2D eigenvalue weighted by atomic mass is 16.6. The molecule has 24 heavy (non-hydrogen) atoms. The highest BCUT2D eigenvalue weighted by Crippen LogP contribution is 2.36. The minimum Gasteiger partial charge on any atom is -0.436 e. The number of imide groups is 1. The zero-order valence-electron chi connectivity index (χ0n) is 13.4. The van der Waals surface area contributed by atoms with Crippen LogP contribution in [0.2, 0.25) is 0 Å². The molecule has 1 aliphatic heterocycles. The van der Waals surface area contributed by atoms with Crippen LogP contribution in [0.4, 0.5) is 0 Å². The van der Waals surface area contributed by atoms with Crippen molar-refractivity contribution in [3.05, 3.63) is 71.3 Å². The van der Waals surface area contributed by atoms with Gasteiger partial charge >= 0.3 is 5.97 Å². The maximum absolute atomic E-state index is 12.8. The van der Waals surface area contributed by atoms with Gasteiger partial charge in [-0.1, -0.05) is 50.2 Å². The minimum atomic E-state index is -1.03. The van der Waals surface area contributed by atoms with E-state index in [2.05, 4.69) is 0 Å². The first-order chi connectivity index (χ1) is 11.5. The maximum Gasteiger partial charge on any atom is 0.310 e. The SMILES string of the molecule is CC(C)C(=O)O[C@@H]1c2ccccc2C(=O)N1C(=O)c1ccccc1. The van der Waals surface area contributed by atoms with E-state index in [0.29, 0.717) is 16.7 Å². The molecule has 0 N–H and O–H groups in total. The standard InChI is InChI=1S/C19H17NO4/c1-12(2)19(23)24-18-15-11-7-6-10-14(15)17(22)20(18)16(21)13-8-4-3-5-9-13/h3-12,18H,1-2H3/t18-/m1/s1. The number of carbonyl (C=O) groups excluding carboxylic acids is 3. The van der Waals surface area contributed by atoms with E-state index < -0.39 is 24.0 Å². The van der Waals surface area contributed by atoms with E-state index in [1.807, 2.05) is 0 Å². The Morgan fingerprint density at radius 3 is 2.29 bits per heavy atom. The number of carbonyl (C=O) groups is 3. The molecule has 0 saturated heterocycles. The first-order valence-corrected chi connectivity index (χ1v) is 7.73. The molecule has 1 heterocycles. The Balaban J connectivity index is 2.01. The quantitative estimate of drug-likeness (QED) is 0.643. The van der Waals surface area contributed by atoms with Crippen molar-refractivity contribution in [2.45, 2.75) is 20.1 Å². The average molecular weight is 323 g/mol. The molecular formula is C19H17NO4. The Hall–Kier alpha value is -2.95. The van der Waals surface area contributed by atoms with Crippen LogP contribution in [-0.4, -0.2) is 22.7 Å². The van der Waals surface area contributed by atoms with E-state index in [9.17, 15) is 14.4 Å². The van der Waals surface area contributed by atoms with Crippen molar-refractivity contribution in [1.29, 1.82) is 0 Å². The van der Waals surface area contributed by atoms with Gasteiger partial charge in [-0.05, 0) is 18.2 Å². The summed E-state index contributed by atoms with van der Waals surface area (Å²) in [4.78, 5) is 38.6. The fourth-order valence-electron chi connectivity index (χ4n) is 2.56. The molecule has 0 bridgehead atoms. The summed E-state index contributed by atoms with van der Waals surface area (Å²) in [5.74, 6) is -1.77. The van der Waals surface area contributed by atoms with Crippen molar-refractivity contribution in [3.63, 3.8) is 0 Å². The van der Waals surface area contributed by atoms with E-state index >= 15 is 0 Å². The van der Waals surface area contributed by atoms with Gasteiger partial charge < -0.3 is 4.74 Å². The molecule has 0 aromatic heterocycles. The van der Waals surface area contributed by atoms with Crippen molar-refractivity contribution in [2.75, 3.05) is 0 Å². The van der Waals surface area contributed by atoms with Crippen LogP contribution in [0.15, 0.2) is 54.6 Å². The van der Waals surface area contributed by atoms with Crippen LogP contribution in [0.25, 0.3) is 0 Å². The molecule has 2 aromatic rings. The molecule has 0 fully saturated rings. The third-order valence-corrected chi connectivity index (χ3v) is 3.85. The molecule has 0 unspecified atom stereocenters. The molecule has 5 heteroatoms. The van der Waals surface area contributed by atoms with Crippen molar-refractivity contribution >= 4 is 17.8 Å². The highest BCUT2D eigenvalue weighted by molar-refractivity contribution is 6.13. The smallest absolute Gasteiger partial charge is 0.310 e. The first kappa shape index (κ1) is 15.9. The average Bonchev–Trinajstić information content (AvgIpc) is 2.87. The largest absolute Gasteiger partial charge is 0.436 e. The molecule has 3 rings (SSSR count). The van der Waals surface area contributed by atoms with Crippen molar-refractivity contribution < 1.29 is 19.1 Å². The summed E-state index contributed by atoms with van der Waals surface area (Å²) in [6, 6.07) is 15.3. The number of esters is 1. The van der Waals surface area contributed by atoms with Crippen LogP contribution in [0.1, 0.15) is 46.4 Å². The lowest BCUT2D eigenvalue weighted by Crippen LogP contribution is -2.37. The van der Waals surface area contributed by atoms with Gasteiger partial charge in [0.1, 0.15) is 0 Å². The highest BCUT2D eigenvalue weighted by Gasteiger charge is 2.43. The van der Waals surface area contributed by atoms with Crippen LogP contribution in [0.5, 0.6) is 0 Å². The second-order valence-corrected chi connectivity index (χ2v) is 5.88. The second-order valence-electron chi connectivity index (χ2n) is 5.88. The van der Waals surface area contributed by atoms with E-state index in [1.54, 1.807) is 68.4 Å². The number of benzene rings is 2. The Bertz CT molecular complexity index is 798. The topological polar surface area (TPSA) is 63.7 Å². The molecule has 0 radical (unpaired) electrons. The molecule has 5 nitrogen and oxygen atoms in total. The molecule has 1 atom stereocenters.